The Morgan fingerprint density at radius 3 is 2.75 bits per heavy atom. The number of fused-ring (bicyclic) bond motifs is 1. The summed E-state index contributed by atoms with van der Waals surface area (Å²) >= 11 is 1.77. The molecule has 1 fully saturated rings. The molecule has 0 aliphatic carbocycles. The molecule has 0 spiro atoms. The fourth-order valence-corrected chi connectivity index (χ4v) is 5.23. The number of anilines is 1. The molecule has 7 nitrogen and oxygen atoms in total. The maximum absolute atomic E-state index is 5.98. The smallest absolute Gasteiger partial charge is 0.221 e. The van der Waals surface area contributed by atoms with E-state index in [1.54, 1.807) is 18.9 Å². The summed E-state index contributed by atoms with van der Waals surface area (Å²) in [6, 6.07) is 8.61. The number of hydrogen-bond acceptors (Lipinski definition) is 7. The Morgan fingerprint density at radius 2 is 1.97 bits per heavy atom. The minimum absolute atomic E-state index is 0.336. The van der Waals surface area contributed by atoms with E-state index in [0.717, 1.165) is 65.8 Å². The summed E-state index contributed by atoms with van der Waals surface area (Å²) in [6.07, 6.45) is 5.69. The summed E-state index contributed by atoms with van der Waals surface area (Å²) in [5, 5.41) is 4.37. The van der Waals surface area contributed by atoms with Gasteiger partial charge in [0.25, 0.3) is 0 Å². The van der Waals surface area contributed by atoms with Gasteiger partial charge in [-0.1, -0.05) is 31.9 Å². The molecule has 0 unspecified atom stereocenters. The molecule has 4 rings (SSSR count). The van der Waals surface area contributed by atoms with Crippen molar-refractivity contribution in [2.24, 2.45) is 0 Å². The van der Waals surface area contributed by atoms with E-state index >= 15 is 0 Å². The van der Waals surface area contributed by atoms with Crippen molar-refractivity contribution in [3.8, 4) is 5.75 Å². The van der Waals surface area contributed by atoms with E-state index in [0.29, 0.717) is 12.5 Å². The van der Waals surface area contributed by atoms with E-state index in [-0.39, 0.29) is 0 Å². The second-order valence-electron chi connectivity index (χ2n) is 8.29. The Morgan fingerprint density at radius 1 is 1.12 bits per heavy atom. The third-order valence-corrected chi connectivity index (χ3v) is 6.94. The van der Waals surface area contributed by atoms with Gasteiger partial charge >= 0.3 is 0 Å². The van der Waals surface area contributed by atoms with Crippen LogP contribution in [0.15, 0.2) is 35.5 Å². The summed E-state index contributed by atoms with van der Waals surface area (Å²) in [4.78, 5) is 11.5. The van der Waals surface area contributed by atoms with Gasteiger partial charge in [0.15, 0.2) is 0 Å². The highest BCUT2D eigenvalue weighted by Gasteiger charge is 2.15. The molecular weight excluding hydrogens is 420 g/mol. The Labute approximate surface area is 194 Å². The van der Waals surface area contributed by atoms with Gasteiger partial charge in [-0.2, -0.15) is 0 Å². The number of piperazine rings is 1. The molecule has 1 aromatic carbocycles. The van der Waals surface area contributed by atoms with E-state index in [9.17, 15) is 0 Å². The van der Waals surface area contributed by atoms with Crippen LogP contribution in [0.3, 0.4) is 0 Å². The molecule has 0 bridgehead atoms. The van der Waals surface area contributed by atoms with Crippen LogP contribution < -0.4 is 15.8 Å². The van der Waals surface area contributed by atoms with E-state index < -0.39 is 0 Å². The highest BCUT2D eigenvalue weighted by molar-refractivity contribution is 7.99. The van der Waals surface area contributed by atoms with E-state index in [1.807, 2.05) is 6.07 Å². The van der Waals surface area contributed by atoms with Crippen molar-refractivity contribution in [2.45, 2.75) is 44.3 Å². The van der Waals surface area contributed by atoms with Crippen LogP contribution >= 0.6 is 11.8 Å². The molecule has 3 N–H and O–H groups in total. The topological polar surface area (TPSA) is 81.2 Å². The van der Waals surface area contributed by atoms with E-state index in [4.69, 9.17) is 10.5 Å². The zero-order valence-corrected chi connectivity index (χ0v) is 20.0. The molecule has 1 saturated heterocycles. The van der Waals surface area contributed by atoms with Crippen LogP contribution in [-0.4, -0.2) is 58.5 Å². The zero-order valence-electron chi connectivity index (χ0n) is 19.1. The zero-order chi connectivity index (χ0) is 22.3. The fraction of sp³-hybridized carbons (Fsp3) is 0.500. The summed E-state index contributed by atoms with van der Waals surface area (Å²) in [5.41, 5.74) is 10.4. The lowest BCUT2D eigenvalue weighted by Gasteiger charge is -2.27. The Hall–Kier alpha value is -2.29. The third kappa shape index (κ3) is 5.54. The number of nitrogens with two attached hydrogens (primary N) is 1. The van der Waals surface area contributed by atoms with Gasteiger partial charge in [-0.25, -0.2) is 9.97 Å². The van der Waals surface area contributed by atoms with Gasteiger partial charge in [-0.05, 0) is 29.9 Å². The number of methoxy groups -OCH3 is 1. The van der Waals surface area contributed by atoms with Crippen molar-refractivity contribution in [2.75, 3.05) is 44.8 Å². The first-order valence-corrected chi connectivity index (χ1v) is 12.5. The molecule has 2 aromatic heterocycles. The minimum Gasteiger partial charge on any atom is -0.496 e. The van der Waals surface area contributed by atoms with Crippen LogP contribution in [0.4, 0.5) is 5.95 Å². The van der Waals surface area contributed by atoms with Gasteiger partial charge in [-0.3, -0.25) is 4.90 Å². The van der Waals surface area contributed by atoms with Crippen molar-refractivity contribution in [3.05, 3.63) is 41.6 Å². The van der Waals surface area contributed by atoms with Gasteiger partial charge in [0.05, 0.1) is 19.2 Å². The standard InChI is InChI=1S/C24H34N6OS/c1-3-4-5-14-32-23-22-20(27-24(25)28-23)8-11-30(22)17-19-7-6-18(15-21(19)31-2)16-29-12-9-26-10-13-29/h6-8,11,15,26H,3-5,9-10,12-14,16-17H2,1-2H3,(H2,25,27,28). The molecule has 8 heteroatoms. The van der Waals surface area contributed by atoms with Gasteiger partial charge in [0.1, 0.15) is 16.3 Å². The van der Waals surface area contributed by atoms with Crippen molar-refractivity contribution in [1.82, 2.24) is 24.8 Å². The first kappa shape index (κ1) is 22.9. The third-order valence-electron chi connectivity index (χ3n) is 5.89. The summed E-state index contributed by atoms with van der Waals surface area (Å²) < 4.78 is 7.99. The SMILES string of the molecule is CCCCCSc1nc(N)nc2ccn(Cc3ccc(CN4CCNCC4)cc3OC)c12. The monoisotopic (exact) mass is 454 g/mol. The Bertz CT molecular complexity index is 1030. The lowest BCUT2D eigenvalue weighted by Crippen LogP contribution is -2.42. The average Bonchev–Trinajstić information content (AvgIpc) is 3.20. The van der Waals surface area contributed by atoms with Gasteiger partial charge in [-0.15, -0.1) is 11.8 Å². The maximum atomic E-state index is 5.98. The fourth-order valence-electron chi connectivity index (χ4n) is 4.17. The summed E-state index contributed by atoms with van der Waals surface area (Å²) in [7, 11) is 1.75. The number of benzene rings is 1. The number of ether oxygens (including phenoxy) is 1. The molecule has 3 heterocycles. The van der Waals surface area contributed by atoms with Crippen LogP contribution in [0.1, 0.15) is 37.3 Å². The lowest BCUT2D eigenvalue weighted by molar-refractivity contribution is 0.233. The van der Waals surface area contributed by atoms with Gasteiger partial charge < -0.3 is 20.4 Å². The molecule has 1 aliphatic rings. The first-order valence-electron chi connectivity index (χ1n) is 11.5. The molecular formula is C24H34N6OS. The van der Waals surface area contributed by atoms with Crippen LogP contribution in [0, 0.1) is 0 Å². The molecule has 0 radical (unpaired) electrons. The first-order chi connectivity index (χ1) is 15.7. The molecule has 0 amide bonds. The average molecular weight is 455 g/mol. The van der Waals surface area contributed by atoms with Crippen molar-refractivity contribution in [3.63, 3.8) is 0 Å². The van der Waals surface area contributed by atoms with Crippen molar-refractivity contribution < 1.29 is 4.74 Å². The summed E-state index contributed by atoms with van der Waals surface area (Å²) in [5.74, 6) is 2.30. The molecule has 1 aliphatic heterocycles. The molecule has 172 valence electrons. The number of nitrogen functional groups attached to an aromatic ring is 1. The normalized spacial score (nSPS) is 14.8. The van der Waals surface area contributed by atoms with Crippen molar-refractivity contribution >= 4 is 28.7 Å². The van der Waals surface area contributed by atoms with E-state index in [1.165, 1.54) is 24.8 Å². The Balaban J connectivity index is 1.55. The number of rotatable bonds is 10. The predicted molar refractivity (Wildman–Crippen MR) is 132 cm³/mol. The van der Waals surface area contributed by atoms with Crippen LogP contribution in [0.25, 0.3) is 11.0 Å². The van der Waals surface area contributed by atoms with Crippen LogP contribution in [-0.2, 0) is 13.1 Å². The minimum atomic E-state index is 0.336. The van der Waals surface area contributed by atoms with Gasteiger partial charge in [0, 0.05) is 44.5 Å². The summed E-state index contributed by atoms with van der Waals surface area (Å²) in [6.45, 7) is 8.16. The number of nitrogens with one attached hydrogen (secondary N) is 1. The van der Waals surface area contributed by atoms with Crippen LogP contribution in [0.2, 0.25) is 0 Å². The highest BCUT2D eigenvalue weighted by atomic mass is 32.2. The number of hydrogen-bond donors (Lipinski definition) is 2. The molecule has 0 atom stereocenters. The molecule has 3 aromatic rings. The van der Waals surface area contributed by atoms with Crippen LogP contribution in [0.5, 0.6) is 5.75 Å². The maximum Gasteiger partial charge on any atom is 0.221 e. The number of aromatic nitrogens is 3. The van der Waals surface area contributed by atoms with Gasteiger partial charge in [0.2, 0.25) is 5.95 Å². The highest BCUT2D eigenvalue weighted by Crippen LogP contribution is 2.30. The second-order valence-corrected chi connectivity index (χ2v) is 9.38. The second kappa shape index (κ2) is 11.0. The van der Waals surface area contributed by atoms with E-state index in [2.05, 4.69) is 56.1 Å². The number of unbranched alkanes of at least 4 members (excludes halogenated alkanes) is 2. The lowest BCUT2D eigenvalue weighted by atomic mass is 10.1. The van der Waals surface area contributed by atoms with Crippen molar-refractivity contribution in [1.29, 1.82) is 0 Å². The predicted octanol–water partition coefficient (Wildman–Crippen LogP) is 3.76. The molecule has 0 saturated carbocycles. The number of thioether (sulfide) groups is 1. The quantitative estimate of drug-likeness (QED) is 0.274. The Kier molecular flexibility index (Phi) is 7.89. The largest absolute Gasteiger partial charge is 0.496 e. The number of nitrogens with zero attached hydrogens (tertiary/aromatic N) is 4. The molecule has 32 heavy (non-hydrogen) atoms.